The van der Waals surface area contributed by atoms with E-state index in [2.05, 4.69) is 11.4 Å². The van der Waals surface area contributed by atoms with Crippen LogP contribution in [0.15, 0.2) is 18.2 Å². The zero-order valence-corrected chi connectivity index (χ0v) is 8.59. The molecule has 1 unspecified atom stereocenters. The first-order chi connectivity index (χ1) is 6.77. The van der Waals surface area contributed by atoms with Crippen LogP contribution in [0.5, 0.6) is 5.75 Å². The normalized spacial score (nSPS) is 22.2. The van der Waals surface area contributed by atoms with Gasteiger partial charge in [0.25, 0.3) is 0 Å². The molecule has 1 saturated heterocycles. The molecule has 1 fully saturated rings. The zero-order valence-electron chi connectivity index (χ0n) is 8.59. The van der Waals surface area contributed by atoms with Gasteiger partial charge in [0, 0.05) is 11.6 Å². The molecule has 2 heteroatoms. The molecular weight excluding hydrogens is 174 g/mol. The number of piperidine rings is 1. The van der Waals surface area contributed by atoms with Gasteiger partial charge in [0.15, 0.2) is 0 Å². The summed E-state index contributed by atoms with van der Waals surface area (Å²) in [5, 5.41) is 13.2. The molecule has 2 nitrogen and oxygen atoms in total. The second kappa shape index (κ2) is 4.01. The van der Waals surface area contributed by atoms with Gasteiger partial charge in [-0.3, -0.25) is 0 Å². The molecule has 2 N–H and O–H groups in total. The minimum Gasteiger partial charge on any atom is -0.508 e. The molecule has 1 atom stereocenters. The molecule has 0 amide bonds. The van der Waals surface area contributed by atoms with Crippen molar-refractivity contribution >= 4 is 0 Å². The predicted molar refractivity (Wildman–Crippen MR) is 57.4 cm³/mol. The van der Waals surface area contributed by atoms with E-state index in [1.807, 2.05) is 19.1 Å². The van der Waals surface area contributed by atoms with Crippen LogP contribution in [0.3, 0.4) is 0 Å². The number of phenols is 1. The zero-order chi connectivity index (χ0) is 9.97. The number of benzene rings is 1. The third-order valence-electron chi connectivity index (χ3n) is 2.87. The van der Waals surface area contributed by atoms with Crippen molar-refractivity contribution in [1.29, 1.82) is 0 Å². The summed E-state index contributed by atoms with van der Waals surface area (Å²) in [7, 11) is 0. The Morgan fingerprint density at radius 1 is 1.36 bits per heavy atom. The Labute approximate surface area is 85.0 Å². The molecule has 1 aliphatic heterocycles. The molecule has 2 rings (SSSR count). The lowest BCUT2D eigenvalue weighted by Crippen LogP contribution is -2.26. The Morgan fingerprint density at radius 2 is 2.21 bits per heavy atom. The number of phenolic OH excluding ortho intramolecular Hbond substituents is 1. The van der Waals surface area contributed by atoms with Crippen molar-refractivity contribution in [3.63, 3.8) is 0 Å². The summed E-state index contributed by atoms with van der Waals surface area (Å²) in [6.45, 7) is 3.07. The summed E-state index contributed by atoms with van der Waals surface area (Å²) in [6.07, 6.45) is 3.64. The van der Waals surface area contributed by atoms with Crippen LogP contribution < -0.4 is 5.32 Å². The van der Waals surface area contributed by atoms with Crippen LogP contribution in [0.2, 0.25) is 0 Å². The van der Waals surface area contributed by atoms with E-state index in [9.17, 15) is 5.11 Å². The van der Waals surface area contributed by atoms with Gasteiger partial charge in [-0.15, -0.1) is 0 Å². The van der Waals surface area contributed by atoms with Gasteiger partial charge in [-0.05, 0) is 37.9 Å². The maximum absolute atomic E-state index is 9.80. The van der Waals surface area contributed by atoms with Gasteiger partial charge in [0.2, 0.25) is 0 Å². The first-order valence-corrected chi connectivity index (χ1v) is 5.30. The van der Waals surface area contributed by atoms with Gasteiger partial charge in [-0.1, -0.05) is 18.6 Å². The fraction of sp³-hybridized carbons (Fsp3) is 0.500. The molecule has 1 aromatic carbocycles. The van der Waals surface area contributed by atoms with Crippen molar-refractivity contribution in [2.75, 3.05) is 6.54 Å². The Kier molecular flexibility index (Phi) is 2.73. The topological polar surface area (TPSA) is 32.3 Å². The minimum absolute atomic E-state index is 0.351. The lowest BCUT2D eigenvalue weighted by Gasteiger charge is -2.24. The number of rotatable bonds is 1. The SMILES string of the molecule is Cc1ccc(C2CCCCN2)c(O)c1. The van der Waals surface area contributed by atoms with E-state index in [4.69, 9.17) is 0 Å². The van der Waals surface area contributed by atoms with Crippen molar-refractivity contribution in [2.24, 2.45) is 0 Å². The maximum Gasteiger partial charge on any atom is 0.120 e. The van der Waals surface area contributed by atoms with E-state index < -0.39 is 0 Å². The molecule has 1 heterocycles. The van der Waals surface area contributed by atoms with E-state index in [1.54, 1.807) is 0 Å². The van der Waals surface area contributed by atoms with Gasteiger partial charge in [-0.25, -0.2) is 0 Å². The van der Waals surface area contributed by atoms with Crippen molar-refractivity contribution in [2.45, 2.75) is 32.2 Å². The Hall–Kier alpha value is -1.02. The molecule has 0 aliphatic carbocycles. The smallest absolute Gasteiger partial charge is 0.120 e. The van der Waals surface area contributed by atoms with Crippen molar-refractivity contribution in [3.8, 4) is 5.75 Å². The second-order valence-electron chi connectivity index (χ2n) is 4.06. The summed E-state index contributed by atoms with van der Waals surface area (Å²) in [4.78, 5) is 0. The van der Waals surface area contributed by atoms with E-state index in [-0.39, 0.29) is 0 Å². The molecule has 0 bridgehead atoms. The van der Waals surface area contributed by atoms with Crippen molar-refractivity contribution in [1.82, 2.24) is 5.32 Å². The van der Waals surface area contributed by atoms with Crippen LogP contribution in [0, 0.1) is 6.92 Å². The van der Waals surface area contributed by atoms with E-state index in [0.717, 1.165) is 24.1 Å². The highest BCUT2D eigenvalue weighted by molar-refractivity contribution is 5.38. The van der Waals surface area contributed by atoms with Crippen LogP contribution in [0.25, 0.3) is 0 Å². The predicted octanol–water partition coefficient (Wildman–Crippen LogP) is 2.52. The third-order valence-corrected chi connectivity index (χ3v) is 2.87. The average molecular weight is 191 g/mol. The third kappa shape index (κ3) is 1.90. The fourth-order valence-corrected chi connectivity index (χ4v) is 2.07. The van der Waals surface area contributed by atoms with Gasteiger partial charge in [0.05, 0.1) is 0 Å². The maximum atomic E-state index is 9.80. The van der Waals surface area contributed by atoms with Gasteiger partial charge >= 0.3 is 0 Å². The molecule has 0 aromatic heterocycles. The number of hydrogen-bond donors (Lipinski definition) is 2. The average Bonchev–Trinajstić information content (AvgIpc) is 2.19. The fourth-order valence-electron chi connectivity index (χ4n) is 2.07. The first kappa shape index (κ1) is 9.53. The molecule has 14 heavy (non-hydrogen) atoms. The number of aryl methyl sites for hydroxylation is 1. The summed E-state index contributed by atoms with van der Waals surface area (Å²) in [6, 6.07) is 6.29. The Morgan fingerprint density at radius 3 is 2.86 bits per heavy atom. The van der Waals surface area contributed by atoms with Crippen LogP contribution in [-0.2, 0) is 0 Å². The molecular formula is C12H17NO. The van der Waals surface area contributed by atoms with E-state index in [0.29, 0.717) is 11.8 Å². The van der Waals surface area contributed by atoms with Gasteiger partial charge in [-0.2, -0.15) is 0 Å². The number of aromatic hydroxyl groups is 1. The standard InChI is InChI=1S/C12H17NO/c1-9-5-6-10(12(14)8-9)11-4-2-3-7-13-11/h5-6,8,11,13-14H,2-4,7H2,1H3. The van der Waals surface area contributed by atoms with E-state index >= 15 is 0 Å². The summed E-state index contributed by atoms with van der Waals surface area (Å²) in [5.74, 6) is 0.435. The molecule has 1 aliphatic rings. The molecule has 76 valence electrons. The quantitative estimate of drug-likeness (QED) is 0.715. The minimum atomic E-state index is 0.351. The highest BCUT2D eigenvalue weighted by Crippen LogP contribution is 2.30. The highest BCUT2D eigenvalue weighted by Gasteiger charge is 2.17. The highest BCUT2D eigenvalue weighted by atomic mass is 16.3. The van der Waals surface area contributed by atoms with Crippen LogP contribution in [-0.4, -0.2) is 11.7 Å². The lowest BCUT2D eigenvalue weighted by molar-refractivity contribution is 0.391. The molecule has 1 aromatic rings. The number of nitrogens with one attached hydrogen (secondary N) is 1. The second-order valence-corrected chi connectivity index (χ2v) is 4.06. The summed E-state index contributed by atoms with van der Waals surface area (Å²) >= 11 is 0. The summed E-state index contributed by atoms with van der Waals surface area (Å²) in [5.41, 5.74) is 2.16. The van der Waals surface area contributed by atoms with Crippen LogP contribution in [0.1, 0.15) is 36.4 Å². The lowest BCUT2D eigenvalue weighted by atomic mass is 9.96. The number of hydrogen-bond acceptors (Lipinski definition) is 2. The van der Waals surface area contributed by atoms with Crippen molar-refractivity contribution in [3.05, 3.63) is 29.3 Å². The molecule has 0 saturated carbocycles. The van der Waals surface area contributed by atoms with E-state index in [1.165, 1.54) is 12.8 Å². The molecule has 0 radical (unpaired) electrons. The van der Waals surface area contributed by atoms with Gasteiger partial charge in [0.1, 0.15) is 5.75 Å². The Bertz CT molecular complexity index is 316. The van der Waals surface area contributed by atoms with Crippen LogP contribution >= 0.6 is 0 Å². The largest absolute Gasteiger partial charge is 0.508 e. The monoisotopic (exact) mass is 191 g/mol. The van der Waals surface area contributed by atoms with Crippen molar-refractivity contribution < 1.29 is 5.11 Å². The molecule has 0 spiro atoms. The van der Waals surface area contributed by atoms with Crippen LogP contribution in [0.4, 0.5) is 0 Å². The Balaban J connectivity index is 2.22. The summed E-state index contributed by atoms with van der Waals surface area (Å²) < 4.78 is 0. The van der Waals surface area contributed by atoms with Gasteiger partial charge < -0.3 is 10.4 Å². The first-order valence-electron chi connectivity index (χ1n) is 5.30.